The maximum atomic E-state index is 13.0. The van der Waals surface area contributed by atoms with Crippen molar-refractivity contribution in [3.63, 3.8) is 0 Å². The Balaban J connectivity index is 1.41. The second kappa shape index (κ2) is 8.63. The van der Waals surface area contributed by atoms with Gasteiger partial charge in [0.15, 0.2) is 9.84 Å². The van der Waals surface area contributed by atoms with Crippen LogP contribution in [0.15, 0.2) is 47.4 Å². The molecule has 1 fully saturated rings. The largest absolute Gasteiger partial charge is 0.352 e. The van der Waals surface area contributed by atoms with Crippen LogP contribution in [0.1, 0.15) is 37.3 Å². The van der Waals surface area contributed by atoms with Crippen LogP contribution >= 0.6 is 11.6 Å². The summed E-state index contributed by atoms with van der Waals surface area (Å²) < 4.78 is 26.1. The average Bonchev–Trinajstić information content (AvgIpc) is 3.51. The van der Waals surface area contributed by atoms with Gasteiger partial charge in [0.2, 0.25) is 11.8 Å². The lowest BCUT2D eigenvalue weighted by Crippen LogP contribution is -2.30. The van der Waals surface area contributed by atoms with E-state index in [4.69, 9.17) is 11.6 Å². The molecule has 1 N–H and O–H groups in total. The van der Waals surface area contributed by atoms with E-state index in [-0.39, 0.29) is 35.6 Å². The molecule has 1 heterocycles. The number of fused-ring (bicyclic) bond motifs is 1. The summed E-state index contributed by atoms with van der Waals surface area (Å²) in [5.41, 5.74) is 2.45. The number of carbonyl (C=O) groups is 2. The van der Waals surface area contributed by atoms with Crippen molar-refractivity contribution < 1.29 is 18.0 Å². The third-order valence-electron chi connectivity index (χ3n) is 5.90. The Labute approximate surface area is 187 Å². The summed E-state index contributed by atoms with van der Waals surface area (Å²) in [6.45, 7) is 2.38. The lowest BCUT2D eigenvalue weighted by Gasteiger charge is -2.18. The zero-order valence-electron chi connectivity index (χ0n) is 17.3. The maximum Gasteiger partial charge on any atom is 0.230 e. The van der Waals surface area contributed by atoms with Crippen molar-refractivity contribution in [2.24, 2.45) is 5.92 Å². The van der Waals surface area contributed by atoms with Gasteiger partial charge in [0.1, 0.15) is 0 Å². The van der Waals surface area contributed by atoms with Gasteiger partial charge >= 0.3 is 0 Å². The first-order valence-electron chi connectivity index (χ1n) is 10.5. The number of amides is 2. The topological polar surface area (TPSA) is 83.6 Å². The van der Waals surface area contributed by atoms with Gasteiger partial charge < -0.3 is 10.2 Å². The first-order chi connectivity index (χ1) is 14.8. The predicted molar refractivity (Wildman–Crippen MR) is 120 cm³/mol. The molecule has 1 aliphatic heterocycles. The second-order valence-corrected chi connectivity index (χ2v) is 11.0. The van der Waals surface area contributed by atoms with Gasteiger partial charge in [-0.1, -0.05) is 29.8 Å². The molecule has 2 aromatic rings. The van der Waals surface area contributed by atoms with Crippen LogP contribution in [-0.2, 0) is 32.4 Å². The lowest BCUT2D eigenvalue weighted by atomic mass is 10.2. The average molecular weight is 461 g/mol. The highest BCUT2D eigenvalue weighted by Crippen LogP contribution is 2.37. The zero-order chi connectivity index (χ0) is 22.2. The number of nitrogens with one attached hydrogen (secondary N) is 1. The molecule has 4 rings (SSSR count). The number of rotatable bonds is 7. The molecule has 0 radical (unpaired) electrons. The highest BCUT2D eigenvalue weighted by molar-refractivity contribution is 7.92. The molecule has 1 atom stereocenters. The standard InChI is InChI=1S/C23H25ClN2O4S/c1-15(12-22(27)25-14-18-4-2-3-5-20(18)24)31(29,30)19-8-9-21-17(13-19)10-11-26(21)23(28)16-6-7-16/h2-5,8-9,13,15-16H,6-7,10-12,14H2,1H3,(H,25,27)/t15-/m0/s1. The summed E-state index contributed by atoms with van der Waals surface area (Å²) in [6.07, 6.45) is 2.38. The van der Waals surface area contributed by atoms with Crippen molar-refractivity contribution in [2.75, 3.05) is 11.4 Å². The fraction of sp³-hybridized carbons (Fsp3) is 0.391. The number of anilines is 1. The van der Waals surface area contributed by atoms with E-state index in [1.165, 1.54) is 0 Å². The Kier molecular flexibility index (Phi) is 6.08. The number of benzene rings is 2. The van der Waals surface area contributed by atoms with E-state index in [0.717, 1.165) is 29.7 Å². The Morgan fingerprint density at radius 2 is 1.94 bits per heavy atom. The van der Waals surface area contributed by atoms with Gasteiger partial charge in [-0.15, -0.1) is 0 Å². The van der Waals surface area contributed by atoms with E-state index < -0.39 is 15.1 Å². The monoisotopic (exact) mass is 460 g/mol. The third-order valence-corrected chi connectivity index (χ3v) is 8.41. The third kappa shape index (κ3) is 4.62. The van der Waals surface area contributed by atoms with Crippen molar-refractivity contribution in [2.45, 2.75) is 49.3 Å². The molecule has 0 aromatic heterocycles. The first-order valence-corrected chi connectivity index (χ1v) is 12.4. The predicted octanol–water partition coefficient (Wildman–Crippen LogP) is 3.51. The van der Waals surface area contributed by atoms with Gasteiger partial charge in [-0.25, -0.2) is 8.42 Å². The van der Waals surface area contributed by atoms with Gasteiger partial charge in [0.05, 0.1) is 10.1 Å². The number of halogens is 1. The summed E-state index contributed by atoms with van der Waals surface area (Å²) in [6, 6.07) is 12.1. The van der Waals surface area contributed by atoms with Crippen LogP contribution in [0, 0.1) is 5.92 Å². The van der Waals surface area contributed by atoms with Crippen molar-refractivity contribution in [1.82, 2.24) is 5.32 Å². The number of hydrogen-bond acceptors (Lipinski definition) is 4. The van der Waals surface area contributed by atoms with Gasteiger partial charge in [0, 0.05) is 36.1 Å². The molecule has 8 heteroatoms. The van der Waals surface area contributed by atoms with Crippen LogP contribution in [0.4, 0.5) is 5.69 Å². The van der Waals surface area contributed by atoms with Crippen LogP contribution in [0.25, 0.3) is 0 Å². The highest BCUT2D eigenvalue weighted by atomic mass is 35.5. The Hall–Kier alpha value is -2.38. The summed E-state index contributed by atoms with van der Waals surface area (Å²) >= 11 is 6.09. The molecular weight excluding hydrogens is 436 g/mol. The van der Waals surface area contributed by atoms with E-state index in [0.29, 0.717) is 18.0 Å². The molecule has 2 aromatic carbocycles. The van der Waals surface area contributed by atoms with Gasteiger partial charge in [-0.05, 0) is 61.6 Å². The fourth-order valence-corrected chi connectivity index (χ4v) is 5.45. The summed E-state index contributed by atoms with van der Waals surface area (Å²) in [4.78, 5) is 26.7. The quantitative estimate of drug-likeness (QED) is 0.685. The van der Waals surface area contributed by atoms with E-state index in [9.17, 15) is 18.0 Å². The SMILES string of the molecule is C[C@@H](CC(=O)NCc1ccccc1Cl)S(=O)(=O)c1ccc2c(c1)CCN2C(=O)C1CC1. The van der Waals surface area contributed by atoms with E-state index in [1.807, 2.05) is 12.1 Å². The smallest absolute Gasteiger partial charge is 0.230 e. The molecule has 164 valence electrons. The van der Waals surface area contributed by atoms with Crippen molar-refractivity contribution in [1.29, 1.82) is 0 Å². The van der Waals surface area contributed by atoms with E-state index >= 15 is 0 Å². The van der Waals surface area contributed by atoms with Gasteiger partial charge in [-0.2, -0.15) is 0 Å². The lowest BCUT2D eigenvalue weighted by molar-refractivity contribution is -0.121. The van der Waals surface area contributed by atoms with Crippen LogP contribution < -0.4 is 10.2 Å². The normalized spacial score (nSPS) is 16.6. The molecule has 2 aliphatic rings. The van der Waals surface area contributed by atoms with E-state index in [1.54, 1.807) is 42.2 Å². The Morgan fingerprint density at radius 1 is 1.19 bits per heavy atom. The minimum atomic E-state index is -3.68. The van der Waals surface area contributed by atoms with Crippen LogP contribution in [-0.4, -0.2) is 32.0 Å². The molecule has 0 spiro atoms. The number of nitrogens with zero attached hydrogens (tertiary/aromatic N) is 1. The minimum Gasteiger partial charge on any atom is -0.352 e. The van der Waals surface area contributed by atoms with Crippen LogP contribution in [0.3, 0.4) is 0 Å². The summed E-state index contributed by atoms with van der Waals surface area (Å²) in [7, 11) is -3.68. The zero-order valence-corrected chi connectivity index (χ0v) is 18.9. The molecule has 31 heavy (non-hydrogen) atoms. The summed E-state index contributed by atoms with van der Waals surface area (Å²) in [5.74, 6) is -0.0880. The molecule has 1 aliphatic carbocycles. The van der Waals surface area contributed by atoms with Crippen LogP contribution in [0.5, 0.6) is 0 Å². The van der Waals surface area contributed by atoms with Gasteiger partial charge in [-0.3, -0.25) is 9.59 Å². The minimum absolute atomic E-state index is 0.124. The van der Waals surface area contributed by atoms with Crippen molar-refractivity contribution >= 4 is 38.9 Å². The number of carbonyl (C=O) groups excluding carboxylic acids is 2. The summed E-state index contributed by atoms with van der Waals surface area (Å²) in [5, 5.41) is 2.42. The molecule has 0 unspecified atom stereocenters. The highest BCUT2D eigenvalue weighted by Gasteiger charge is 2.37. The molecule has 1 saturated carbocycles. The molecule has 0 bridgehead atoms. The second-order valence-electron chi connectivity index (χ2n) is 8.23. The Morgan fingerprint density at radius 3 is 2.65 bits per heavy atom. The van der Waals surface area contributed by atoms with Crippen LogP contribution in [0.2, 0.25) is 5.02 Å². The molecule has 6 nitrogen and oxygen atoms in total. The molecular formula is C23H25ClN2O4S. The van der Waals surface area contributed by atoms with E-state index in [2.05, 4.69) is 5.32 Å². The van der Waals surface area contributed by atoms with Crippen molar-refractivity contribution in [3.05, 3.63) is 58.6 Å². The molecule has 0 saturated heterocycles. The maximum absolute atomic E-state index is 13.0. The fourth-order valence-electron chi connectivity index (χ4n) is 3.85. The molecule has 2 amide bonds. The first kappa shape index (κ1) is 21.8. The van der Waals surface area contributed by atoms with Crippen molar-refractivity contribution in [3.8, 4) is 0 Å². The van der Waals surface area contributed by atoms with Gasteiger partial charge in [0.25, 0.3) is 0 Å². The number of hydrogen-bond donors (Lipinski definition) is 1. The number of sulfone groups is 1. The Bertz CT molecular complexity index is 1130.